The number of anilines is 1. The Balaban J connectivity index is 1.94. The Morgan fingerprint density at radius 2 is 1.74 bits per heavy atom. The first kappa shape index (κ1) is 23.2. The Bertz CT molecular complexity index is 928. The monoisotopic (exact) mass is 426 g/mol. The minimum Gasteiger partial charge on any atom is -0.353 e. The van der Waals surface area contributed by atoms with Crippen LogP contribution in [0.3, 0.4) is 0 Å². The number of nitrogens with zero attached hydrogens (tertiary/aromatic N) is 4. The van der Waals surface area contributed by atoms with Gasteiger partial charge in [-0.05, 0) is 24.5 Å². The molecule has 0 spiro atoms. The summed E-state index contributed by atoms with van der Waals surface area (Å²) in [5.41, 5.74) is 2.38. The van der Waals surface area contributed by atoms with E-state index >= 15 is 0 Å². The van der Waals surface area contributed by atoms with E-state index in [2.05, 4.69) is 39.5 Å². The normalized spacial score (nSPS) is 15.0. The predicted octanol–water partition coefficient (Wildman–Crippen LogP) is 4.51. The third kappa shape index (κ3) is 5.60. The van der Waals surface area contributed by atoms with Crippen molar-refractivity contribution >= 4 is 11.7 Å². The lowest BCUT2D eigenvalue weighted by Gasteiger charge is -2.37. The van der Waals surface area contributed by atoms with Crippen LogP contribution in [0.1, 0.15) is 63.7 Å². The number of carbonyl (C=O) groups excluding carboxylic acids is 1. The molecular weight excluding hydrogens is 391 g/mol. The van der Waals surface area contributed by atoms with Crippen molar-refractivity contribution in [1.29, 1.82) is 0 Å². The van der Waals surface area contributed by atoms with Gasteiger partial charge in [0, 0.05) is 50.0 Å². The number of carbonyl (C=O) groups is 1. The lowest BCUT2D eigenvalue weighted by molar-refractivity contribution is -0.132. The molecule has 1 aliphatic heterocycles. The van der Waals surface area contributed by atoms with Gasteiger partial charge in [0.1, 0.15) is 17.5 Å². The number of amides is 1. The van der Waals surface area contributed by atoms with Gasteiger partial charge in [-0.2, -0.15) is 0 Å². The zero-order chi connectivity index (χ0) is 22.8. The van der Waals surface area contributed by atoms with Gasteiger partial charge in [0.2, 0.25) is 5.91 Å². The maximum Gasteiger partial charge on any atom is 0.222 e. The van der Waals surface area contributed by atoms with Gasteiger partial charge >= 0.3 is 0 Å². The van der Waals surface area contributed by atoms with Crippen molar-refractivity contribution in [2.24, 2.45) is 5.92 Å². The van der Waals surface area contributed by atoms with Gasteiger partial charge in [0.05, 0.1) is 5.69 Å². The minimum atomic E-state index is -0.210. The zero-order valence-electron chi connectivity index (χ0n) is 19.7. The molecule has 0 aliphatic carbocycles. The number of benzene rings is 1. The van der Waals surface area contributed by atoms with Gasteiger partial charge in [0.25, 0.3) is 0 Å². The molecule has 1 fully saturated rings. The van der Waals surface area contributed by atoms with Crippen molar-refractivity contribution in [2.75, 3.05) is 31.1 Å². The van der Waals surface area contributed by atoms with E-state index in [4.69, 9.17) is 9.97 Å². The van der Waals surface area contributed by atoms with Gasteiger partial charge < -0.3 is 9.80 Å². The molecule has 0 radical (unpaired) electrons. The summed E-state index contributed by atoms with van der Waals surface area (Å²) < 4.78 is 14.5. The van der Waals surface area contributed by atoms with Crippen molar-refractivity contribution in [2.45, 2.75) is 59.8 Å². The van der Waals surface area contributed by atoms with Crippen molar-refractivity contribution in [1.82, 2.24) is 14.9 Å². The lowest BCUT2D eigenvalue weighted by atomic mass is 9.86. The first-order chi connectivity index (χ1) is 14.6. The number of hydrogen-bond acceptors (Lipinski definition) is 4. The zero-order valence-corrected chi connectivity index (χ0v) is 19.7. The quantitative estimate of drug-likeness (QED) is 0.706. The molecule has 1 saturated heterocycles. The first-order valence-electron chi connectivity index (χ1n) is 11.2. The molecule has 1 aromatic carbocycles. The van der Waals surface area contributed by atoms with E-state index in [1.807, 2.05) is 24.0 Å². The number of aryl methyl sites for hydroxylation is 1. The molecule has 0 bridgehead atoms. The Morgan fingerprint density at radius 3 is 2.32 bits per heavy atom. The van der Waals surface area contributed by atoms with Crippen molar-refractivity contribution in [3.63, 3.8) is 0 Å². The molecule has 2 heterocycles. The standard InChI is InChI=1S/C25H35FN4O/c1-17(2)15-22(31)29-11-13-30(14-12-29)24-20(16-19-9-7-8-10-21(19)26)23(25(4,5)6)27-18(3)28-24/h7-10,17H,11-16H2,1-6H3. The molecule has 0 unspecified atom stereocenters. The van der Waals surface area contributed by atoms with E-state index in [0.29, 0.717) is 50.5 Å². The summed E-state index contributed by atoms with van der Waals surface area (Å²) in [4.78, 5) is 26.2. The molecule has 168 valence electrons. The Morgan fingerprint density at radius 1 is 1.10 bits per heavy atom. The van der Waals surface area contributed by atoms with E-state index in [9.17, 15) is 9.18 Å². The van der Waals surface area contributed by atoms with Gasteiger partial charge in [-0.1, -0.05) is 52.8 Å². The molecule has 31 heavy (non-hydrogen) atoms. The topological polar surface area (TPSA) is 49.3 Å². The predicted molar refractivity (Wildman–Crippen MR) is 123 cm³/mol. The minimum absolute atomic E-state index is 0.196. The average Bonchev–Trinajstić information content (AvgIpc) is 2.69. The van der Waals surface area contributed by atoms with Gasteiger partial charge in [-0.25, -0.2) is 14.4 Å². The van der Waals surface area contributed by atoms with Crippen molar-refractivity contribution < 1.29 is 9.18 Å². The van der Waals surface area contributed by atoms with Crippen LogP contribution in [0.5, 0.6) is 0 Å². The van der Waals surface area contributed by atoms with Gasteiger partial charge in [-0.15, -0.1) is 0 Å². The molecule has 2 aromatic rings. The van der Waals surface area contributed by atoms with Crippen LogP contribution in [0.2, 0.25) is 0 Å². The van der Waals surface area contributed by atoms with E-state index in [0.717, 1.165) is 22.9 Å². The second kappa shape index (κ2) is 9.33. The molecule has 0 N–H and O–H groups in total. The summed E-state index contributed by atoms with van der Waals surface area (Å²) in [5, 5.41) is 0. The third-order valence-corrected chi connectivity index (χ3v) is 5.65. The van der Waals surface area contributed by atoms with Crippen LogP contribution >= 0.6 is 0 Å². The number of rotatable bonds is 5. The van der Waals surface area contributed by atoms with Crippen LogP contribution < -0.4 is 4.90 Å². The summed E-state index contributed by atoms with van der Waals surface area (Å²) in [5.74, 6) is 1.96. The largest absolute Gasteiger partial charge is 0.353 e. The van der Waals surface area contributed by atoms with Gasteiger partial charge in [-0.3, -0.25) is 4.79 Å². The van der Waals surface area contributed by atoms with Crippen LogP contribution in [-0.2, 0) is 16.6 Å². The van der Waals surface area contributed by atoms with E-state index in [-0.39, 0.29) is 17.1 Å². The van der Waals surface area contributed by atoms with Crippen molar-refractivity contribution in [3.05, 3.63) is 52.7 Å². The summed E-state index contributed by atoms with van der Waals surface area (Å²) in [6, 6.07) is 6.90. The average molecular weight is 427 g/mol. The lowest BCUT2D eigenvalue weighted by Crippen LogP contribution is -2.49. The van der Waals surface area contributed by atoms with Gasteiger partial charge in [0.15, 0.2) is 0 Å². The summed E-state index contributed by atoms with van der Waals surface area (Å²) in [6.07, 6.45) is 1.03. The molecule has 1 amide bonds. The Labute approximate surface area is 185 Å². The second-order valence-electron chi connectivity index (χ2n) is 9.91. The Kier molecular flexibility index (Phi) is 6.97. The second-order valence-corrected chi connectivity index (χ2v) is 9.91. The number of hydrogen-bond donors (Lipinski definition) is 0. The van der Waals surface area contributed by atoms with E-state index in [1.165, 1.54) is 6.07 Å². The highest BCUT2D eigenvalue weighted by Crippen LogP contribution is 2.33. The summed E-state index contributed by atoms with van der Waals surface area (Å²) >= 11 is 0. The summed E-state index contributed by atoms with van der Waals surface area (Å²) in [6.45, 7) is 15.2. The highest BCUT2D eigenvalue weighted by Gasteiger charge is 2.29. The van der Waals surface area contributed by atoms with Crippen molar-refractivity contribution in [3.8, 4) is 0 Å². The first-order valence-corrected chi connectivity index (χ1v) is 11.2. The SMILES string of the molecule is Cc1nc(N2CCN(C(=O)CC(C)C)CC2)c(Cc2ccccc2F)c(C(C)(C)C)n1. The third-order valence-electron chi connectivity index (χ3n) is 5.65. The molecule has 0 saturated carbocycles. The number of halogens is 1. The smallest absolute Gasteiger partial charge is 0.222 e. The molecular formula is C25H35FN4O. The maximum atomic E-state index is 14.5. The molecule has 3 rings (SSSR count). The fourth-order valence-corrected chi connectivity index (χ4v) is 4.10. The van der Waals surface area contributed by atoms with Crippen LogP contribution in [0.25, 0.3) is 0 Å². The molecule has 1 aliphatic rings. The molecule has 6 heteroatoms. The Hall–Kier alpha value is -2.50. The van der Waals surface area contributed by atoms with Crippen LogP contribution in [0.4, 0.5) is 10.2 Å². The molecule has 5 nitrogen and oxygen atoms in total. The number of piperazine rings is 1. The summed E-state index contributed by atoms with van der Waals surface area (Å²) in [7, 11) is 0. The van der Waals surface area contributed by atoms with Crippen LogP contribution in [0, 0.1) is 18.7 Å². The maximum absolute atomic E-state index is 14.5. The highest BCUT2D eigenvalue weighted by atomic mass is 19.1. The van der Waals surface area contributed by atoms with Crippen LogP contribution in [0.15, 0.2) is 24.3 Å². The molecule has 0 atom stereocenters. The number of aromatic nitrogens is 2. The van der Waals surface area contributed by atoms with E-state index < -0.39 is 0 Å². The fraction of sp³-hybridized carbons (Fsp3) is 0.560. The van der Waals surface area contributed by atoms with Crippen LogP contribution in [-0.4, -0.2) is 47.0 Å². The molecule has 1 aromatic heterocycles. The fourth-order valence-electron chi connectivity index (χ4n) is 4.10. The highest BCUT2D eigenvalue weighted by molar-refractivity contribution is 5.76. The van der Waals surface area contributed by atoms with E-state index in [1.54, 1.807) is 6.07 Å².